The number of alkyl halides is 3. The zero-order valence-electron chi connectivity index (χ0n) is 5.35. The van der Waals surface area contributed by atoms with Crippen molar-refractivity contribution in [2.24, 2.45) is 0 Å². The van der Waals surface area contributed by atoms with Crippen molar-refractivity contribution in [2.45, 2.75) is 10.4 Å². The lowest BCUT2D eigenvalue weighted by Crippen LogP contribution is -2.01. The highest BCUT2D eigenvalue weighted by molar-refractivity contribution is 7.10. The van der Waals surface area contributed by atoms with E-state index in [1.807, 2.05) is 0 Å². The van der Waals surface area contributed by atoms with Crippen LogP contribution in [0, 0.1) is 0 Å². The highest BCUT2D eigenvalue weighted by Crippen LogP contribution is 2.41. The van der Waals surface area contributed by atoms with Gasteiger partial charge in [0.05, 0.1) is 6.61 Å². The van der Waals surface area contributed by atoms with Crippen LogP contribution in [0.5, 0.6) is 0 Å². The first kappa shape index (κ1) is 9.62. The summed E-state index contributed by atoms with van der Waals surface area (Å²) in [5.41, 5.74) is 0.565. The molecule has 0 unspecified atom stereocenters. The summed E-state index contributed by atoms with van der Waals surface area (Å²) in [7, 11) is 0. The fraction of sp³-hybridized carbons (Fsp3) is 0.333. The molecule has 0 saturated heterocycles. The predicted molar refractivity (Wildman–Crippen MR) is 49.5 cm³/mol. The van der Waals surface area contributed by atoms with Gasteiger partial charge in [-0.2, -0.15) is 0 Å². The van der Waals surface area contributed by atoms with E-state index in [0.29, 0.717) is 10.4 Å². The van der Waals surface area contributed by atoms with E-state index in [4.69, 9.17) is 39.9 Å². The molecule has 0 amide bonds. The normalized spacial score (nSPS) is 12.0. The number of aliphatic hydroxyl groups is 1. The van der Waals surface area contributed by atoms with Crippen molar-refractivity contribution >= 4 is 46.1 Å². The van der Waals surface area contributed by atoms with Gasteiger partial charge in [0.15, 0.2) is 0 Å². The maximum Gasteiger partial charge on any atom is 0.217 e. The molecule has 0 radical (unpaired) electrons. The van der Waals surface area contributed by atoms with Gasteiger partial charge in [-0.3, -0.25) is 0 Å². The van der Waals surface area contributed by atoms with Gasteiger partial charge in [0, 0.05) is 10.4 Å². The molecule has 1 rings (SSSR count). The Balaban J connectivity index is 3.02. The van der Waals surface area contributed by atoms with Crippen LogP contribution in [0.3, 0.4) is 0 Å². The molecule has 0 aromatic carbocycles. The minimum absolute atomic E-state index is 0.0824. The Morgan fingerprint density at radius 3 is 2.45 bits per heavy atom. The third-order valence-corrected chi connectivity index (χ3v) is 2.71. The topological polar surface area (TPSA) is 20.2 Å². The van der Waals surface area contributed by atoms with Gasteiger partial charge in [0.25, 0.3) is 0 Å². The summed E-state index contributed by atoms with van der Waals surface area (Å²) in [5, 5.41) is 10.6. The monoisotopic (exact) mass is 230 g/mol. The smallest absolute Gasteiger partial charge is 0.217 e. The molecule has 0 atom stereocenters. The van der Waals surface area contributed by atoms with Gasteiger partial charge >= 0.3 is 0 Å². The van der Waals surface area contributed by atoms with E-state index in [-0.39, 0.29) is 6.61 Å². The number of hydrogen-bond acceptors (Lipinski definition) is 2. The van der Waals surface area contributed by atoms with Gasteiger partial charge in [0.1, 0.15) is 0 Å². The molecule has 0 aliphatic carbocycles. The van der Waals surface area contributed by atoms with E-state index in [1.54, 1.807) is 11.4 Å². The number of halogens is 3. The number of hydrogen-bond donors (Lipinski definition) is 1. The first-order valence-electron chi connectivity index (χ1n) is 2.80. The fourth-order valence-corrected chi connectivity index (χ4v) is 2.21. The van der Waals surface area contributed by atoms with Crippen molar-refractivity contribution in [3.63, 3.8) is 0 Å². The number of aliphatic hydroxyl groups excluding tert-OH is 1. The number of thiophene rings is 1. The van der Waals surface area contributed by atoms with Gasteiger partial charge in [-0.1, -0.05) is 34.8 Å². The summed E-state index contributed by atoms with van der Waals surface area (Å²) in [6.07, 6.45) is 0. The van der Waals surface area contributed by atoms with E-state index in [1.165, 1.54) is 11.3 Å². The third-order valence-electron chi connectivity index (χ3n) is 1.19. The van der Waals surface area contributed by atoms with Crippen LogP contribution in [0.15, 0.2) is 11.4 Å². The Morgan fingerprint density at radius 1 is 1.45 bits per heavy atom. The van der Waals surface area contributed by atoms with Crippen molar-refractivity contribution in [1.29, 1.82) is 0 Å². The quantitative estimate of drug-likeness (QED) is 0.737. The molecule has 11 heavy (non-hydrogen) atoms. The molecule has 0 fully saturated rings. The zero-order chi connectivity index (χ0) is 8.48. The van der Waals surface area contributed by atoms with E-state index in [0.717, 1.165) is 0 Å². The molecule has 1 nitrogen and oxygen atoms in total. The molecule has 1 heterocycles. The van der Waals surface area contributed by atoms with Gasteiger partial charge in [-0.25, -0.2) is 0 Å². The maximum absolute atomic E-state index is 8.81. The standard InChI is InChI=1S/C6H5Cl3OS/c7-6(8,9)4-1-2-11-5(4)3-10/h1-2,10H,3H2. The van der Waals surface area contributed by atoms with E-state index in [2.05, 4.69) is 0 Å². The average Bonchev–Trinajstić information content (AvgIpc) is 2.31. The third kappa shape index (κ3) is 2.23. The van der Waals surface area contributed by atoms with Gasteiger partial charge < -0.3 is 5.11 Å². The lowest BCUT2D eigenvalue weighted by atomic mass is 10.3. The average molecular weight is 232 g/mol. The van der Waals surface area contributed by atoms with Gasteiger partial charge in [0.2, 0.25) is 3.79 Å². The minimum atomic E-state index is -1.42. The molecule has 1 aromatic heterocycles. The Kier molecular flexibility index (Phi) is 3.06. The second kappa shape index (κ2) is 3.50. The van der Waals surface area contributed by atoms with E-state index in [9.17, 15) is 0 Å². The summed E-state index contributed by atoms with van der Waals surface area (Å²) in [4.78, 5) is 0.699. The minimum Gasteiger partial charge on any atom is -0.391 e. The number of rotatable bonds is 1. The molecule has 1 N–H and O–H groups in total. The molecular weight excluding hydrogens is 226 g/mol. The van der Waals surface area contributed by atoms with Crippen LogP contribution < -0.4 is 0 Å². The molecule has 0 bridgehead atoms. The highest BCUT2D eigenvalue weighted by atomic mass is 35.6. The van der Waals surface area contributed by atoms with Crippen molar-refractivity contribution in [1.82, 2.24) is 0 Å². The van der Waals surface area contributed by atoms with Crippen molar-refractivity contribution in [3.8, 4) is 0 Å². The molecule has 5 heteroatoms. The summed E-state index contributed by atoms with van der Waals surface area (Å²) < 4.78 is -1.42. The van der Waals surface area contributed by atoms with E-state index < -0.39 is 3.79 Å². The summed E-state index contributed by atoms with van der Waals surface area (Å²) in [5.74, 6) is 0. The molecule has 1 aromatic rings. The van der Waals surface area contributed by atoms with Crippen LogP contribution in [0.25, 0.3) is 0 Å². The molecule has 62 valence electrons. The zero-order valence-corrected chi connectivity index (χ0v) is 8.44. The Hall–Kier alpha value is 0.530. The van der Waals surface area contributed by atoms with Crippen molar-refractivity contribution < 1.29 is 5.11 Å². The lowest BCUT2D eigenvalue weighted by molar-refractivity contribution is 0.284. The van der Waals surface area contributed by atoms with Crippen LogP contribution in [0.1, 0.15) is 10.4 Å². The van der Waals surface area contributed by atoms with Gasteiger partial charge in [-0.05, 0) is 11.4 Å². The van der Waals surface area contributed by atoms with Crippen LogP contribution >= 0.6 is 46.1 Å². The van der Waals surface area contributed by atoms with Crippen LogP contribution in [-0.2, 0) is 10.4 Å². The van der Waals surface area contributed by atoms with Crippen molar-refractivity contribution in [2.75, 3.05) is 0 Å². The SMILES string of the molecule is OCc1sccc1C(Cl)(Cl)Cl. The second-order valence-electron chi connectivity index (χ2n) is 1.91. The summed E-state index contributed by atoms with van der Waals surface area (Å²) in [6, 6.07) is 1.70. The first-order chi connectivity index (χ1) is 5.05. The largest absolute Gasteiger partial charge is 0.391 e. The summed E-state index contributed by atoms with van der Waals surface area (Å²) in [6.45, 7) is -0.0824. The lowest BCUT2D eigenvalue weighted by Gasteiger charge is -2.09. The van der Waals surface area contributed by atoms with E-state index >= 15 is 0 Å². The Bertz CT molecular complexity index is 240. The van der Waals surface area contributed by atoms with Crippen LogP contribution in [-0.4, -0.2) is 5.11 Å². The Morgan fingerprint density at radius 2 is 2.09 bits per heavy atom. The van der Waals surface area contributed by atoms with Crippen molar-refractivity contribution in [3.05, 3.63) is 21.9 Å². The van der Waals surface area contributed by atoms with Crippen LogP contribution in [0.2, 0.25) is 0 Å². The molecule has 0 saturated carbocycles. The molecule has 0 aliphatic rings. The van der Waals surface area contributed by atoms with Gasteiger partial charge in [-0.15, -0.1) is 11.3 Å². The predicted octanol–water partition coefficient (Wildman–Crippen LogP) is 3.07. The maximum atomic E-state index is 8.81. The molecule has 0 aliphatic heterocycles. The van der Waals surface area contributed by atoms with Crippen LogP contribution in [0.4, 0.5) is 0 Å². The first-order valence-corrected chi connectivity index (χ1v) is 4.81. The highest BCUT2D eigenvalue weighted by Gasteiger charge is 2.26. The fourth-order valence-electron chi connectivity index (χ4n) is 0.716. The second-order valence-corrected chi connectivity index (χ2v) is 5.20. The molecule has 0 spiro atoms. The molecular formula is C6H5Cl3OS. The summed E-state index contributed by atoms with van der Waals surface area (Å²) >= 11 is 18.2. The Labute approximate surface area is 83.5 Å².